The molecule has 6 heteroatoms. The molecule has 0 bridgehead atoms. The summed E-state index contributed by atoms with van der Waals surface area (Å²) < 4.78 is 2.21. The van der Waals surface area contributed by atoms with E-state index in [1.165, 1.54) is 12.8 Å². The highest BCUT2D eigenvalue weighted by Gasteiger charge is 2.33. The van der Waals surface area contributed by atoms with Crippen molar-refractivity contribution >= 4 is 17.5 Å². The van der Waals surface area contributed by atoms with Crippen molar-refractivity contribution in [2.75, 3.05) is 0 Å². The third kappa shape index (κ3) is 2.48. The lowest BCUT2D eigenvalue weighted by molar-refractivity contribution is -0.116. The molecule has 0 amide bonds. The van der Waals surface area contributed by atoms with Gasteiger partial charge in [-0.05, 0) is 37.8 Å². The summed E-state index contributed by atoms with van der Waals surface area (Å²) >= 11 is 1.59. The van der Waals surface area contributed by atoms with Crippen molar-refractivity contribution in [3.63, 3.8) is 0 Å². The van der Waals surface area contributed by atoms with Crippen molar-refractivity contribution in [1.29, 1.82) is 0 Å². The van der Waals surface area contributed by atoms with Gasteiger partial charge in [-0.3, -0.25) is 14.3 Å². The Kier molecular flexibility index (Phi) is 3.25. The third-order valence-corrected chi connectivity index (χ3v) is 5.28. The fourth-order valence-electron chi connectivity index (χ4n) is 2.75. The highest BCUT2D eigenvalue weighted by Crippen LogP contribution is 2.42. The molecule has 4 rings (SSSR count). The number of aromatic nitrogens is 4. The molecule has 21 heavy (non-hydrogen) atoms. The summed E-state index contributed by atoms with van der Waals surface area (Å²) in [5.74, 6) is 1.25. The van der Waals surface area contributed by atoms with Gasteiger partial charge in [0, 0.05) is 30.4 Å². The molecule has 2 aromatic rings. The number of ketones is 1. The van der Waals surface area contributed by atoms with E-state index in [-0.39, 0.29) is 5.25 Å². The molecule has 2 aromatic heterocycles. The predicted molar refractivity (Wildman–Crippen MR) is 80.0 cm³/mol. The fraction of sp³-hybridized carbons (Fsp3) is 0.467. The Morgan fingerprint density at radius 3 is 2.62 bits per heavy atom. The molecular weight excluding hydrogens is 284 g/mol. The molecule has 0 aliphatic heterocycles. The van der Waals surface area contributed by atoms with Crippen molar-refractivity contribution < 1.29 is 4.79 Å². The van der Waals surface area contributed by atoms with Gasteiger partial charge in [0.25, 0.3) is 0 Å². The first-order valence-electron chi connectivity index (χ1n) is 7.37. The first-order valence-corrected chi connectivity index (χ1v) is 8.25. The van der Waals surface area contributed by atoms with Gasteiger partial charge in [0.05, 0.1) is 5.25 Å². The molecule has 1 atom stereocenters. The maximum Gasteiger partial charge on any atom is 0.192 e. The van der Waals surface area contributed by atoms with E-state index < -0.39 is 0 Å². The van der Waals surface area contributed by atoms with E-state index in [9.17, 15) is 4.79 Å². The average Bonchev–Trinajstić information content (AvgIpc) is 3.15. The SMILES string of the molecule is O=C1CCC[C@H]1Sc1nnc(-c2ccncc2)n1C1CC1. The van der Waals surface area contributed by atoms with Gasteiger partial charge in [0.1, 0.15) is 5.78 Å². The molecule has 2 fully saturated rings. The van der Waals surface area contributed by atoms with Crippen LogP contribution in [0.3, 0.4) is 0 Å². The molecule has 0 saturated heterocycles. The molecule has 108 valence electrons. The zero-order valence-electron chi connectivity index (χ0n) is 11.6. The average molecular weight is 300 g/mol. The molecule has 0 aromatic carbocycles. The van der Waals surface area contributed by atoms with Crippen molar-refractivity contribution in [3.05, 3.63) is 24.5 Å². The zero-order chi connectivity index (χ0) is 14.2. The molecule has 2 aliphatic rings. The lowest BCUT2D eigenvalue weighted by Crippen LogP contribution is -2.10. The van der Waals surface area contributed by atoms with Gasteiger partial charge in [0.2, 0.25) is 0 Å². The fourth-order valence-corrected chi connectivity index (χ4v) is 3.98. The number of carbonyl (C=O) groups excluding carboxylic acids is 1. The van der Waals surface area contributed by atoms with E-state index in [0.29, 0.717) is 18.2 Å². The molecule has 0 unspecified atom stereocenters. The van der Waals surface area contributed by atoms with Crippen LogP contribution in [0.15, 0.2) is 29.7 Å². The van der Waals surface area contributed by atoms with Crippen LogP contribution < -0.4 is 0 Å². The van der Waals surface area contributed by atoms with Crippen LogP contribution in [-0.4, -0.2) is 30.8 Å². The number of thioether (sulfide) groups is 1. The van der Waals surface area contributed by atoms with Gasteiger partial charge in [-0.1, -0.05) is 11.8 Å². The Morgan fingerprint density at radius 1 is 1.14 bits per heavy atom. The van der Waals surface area contributed by atoms with E-state index in [1.54, 1.807) is 24.2 Å². The number of pyridine rings is 1. The van der Waals surface area contributed by atoms with Gasteiger partial charge in [-0.2, -0.15) is 0 Å². The van der Waals surface area contributed by atoms with E-state index >= 15 is 0 Å². The first kappa shape index (κ1) is 13.0. The number of carbonyl (C=O) groups is 1. The summed E-state index contributed by atoms with van der Waals surface area (Å²) in [6, 6.07) is 4.40. The van der Waals surface area contributed by atoms with Crippen LogP contribution in [0.1, 0.15) is 38.1 Å². The standard InChI is InChI=1S/C15H16N4OS/c20-12-2-1-3-13(12)21-15-18-17-14(19(15)11-4-5-11)10-6-8-16-9-7-10/h6-9,11,13H,1-5H2/t13-/m1/s1. The highest BCUT2D eigenvalue weighted by molar-refractivity contribution is 8.00. The number of hydrogen-bond donors (Lipinski definition) is 0. The van der Waals surface area contributed by atoms with E-state index in [0.717, 1.165) is 29.4 Å². The number of hydrogen-bond acceptors (Lipinski definition) is 5. The van der Waals surface area contributed by atoms with Gasteiger partial charge in [-0.15, -0.1) is 10.2 Å². The second-order valence-corrected chi connectivity index (χ2v) is 6.78. The minimum absolute atomic E-state index is 0.0667. The minimum Gasteiger partial charge on any atom is -0.299 e. The Balaban J connectivity index is 1.68. The zero-order valence-corrected chi connectivity index (χ0v) is 12.4. The van der Waals surface area contributed by atoms with Gasteiger partial charge in [0.15, 0.2) is 11.0 Å². The Morgan fingerprint density at radius 2 is 1.95 bits per heavy atom. The van der Waals surface area contributed by atoms with E-state index in [1.807, 2.05) is 12.1 Å². The van der Waals surface area contributed by atoms with Crippen LogP contribution in [0.5, 0.6) is 0 Å². The van der Waals surface area contributed by atoms with Gasteiger partial charge in [-0.25, -0.2) is 0 Å². The molecule has 0 N–H and O–H groups in total. The van der Waals surface area contributed by atoms with Crippen molar-refractivity contribution in [3.8, 4) is 11.4 Å². The Labute approximate surface area is 127 Å². The maximum absolute atomic E-state index is 11.9. The summed E-state index contributed by atoms with van der Waals surface area (Å²) in [6.45, 7) is 0. The van der Waals surface area contributed by atoms with Crippen LogP contribution >= 0.6 is 11.8 Å². The molecule has 2 heterocycles. The summed E-state index contributed by atoms with van der Waals surface area (Å²) in [4.78, 5) is 15.9. The normalized spacial score (nSPS) is 21.9. The third-order valence-electron chi connectivity index (χ3n) is 4.01. The number of Topliss-reactive ketones (excluding diaryl/α,β-unsaturated/α-hetero) is 1. The topological polar surface area (TPSA) is 60.7 Å². The second kappa shape index (κ2) is 5.26. The maximum atomic E-state index is 11.9. The van der Waals surface area contributed by atoms with Crippen molar-refractivity contribution in [2.24, 2.45) is 0 Å². The largest absolute Gasteiger partial charge is 0.299 e. The monoisotopic (exact) mass is 300 g/mol. The van der Waals surface area contributed by atoms with Gasteiger partial charge < -0.3 is 0 Å². The molecule has 2 saturated carbocycles. The number of nitrogens with zero attached hydrogens (tertiary/aromatic N) is 4. The Bertz CT molecular complexity index is 666. The Hall–Kier alpha value is -1.69. The minimum atomic E-state index is 0.0667. The highest BCUT2D eigenvalue weighted by atomic mass is 32.2. The quantitative estimate of drug-likeness (QED) is 0.869. The van der Waals surface area contributed by atoms with Crippen molar-refractivity contribution in [1.82, 2.24) is 19.7 Å². The second-order valence-electron chi connectivity index (χ2n) is 5.61. The molecular formula is C15H16N4OS. The van der Waals surface area contributed by atoms with Crippen LogP contribution in [-0.2, 0) is 4.79 Å². The van der Waals surface area contributed by atoms with Crippen LogP contribution in [0.25, 0.3) is 11.4 Å². The summed E-state index contributed by atoms with van der Waals surface area (Å²) in [7, 11) is 0. The molecule has 0 radical (unpaired) electrons. The smallest absolute Gasteiger partial charge is 0.192 e. The van der Waals surface area contributed by atoms with Gasteiger partial charge >= 0.3 is 0 Å². The summed E-state index contributed by atoms with van der Waals surface area (Å²) in [5, 5.41) is 9.68. The van der Waals surface area contributed by atoms with Crippen LogP contribution in [0.2, 0.25) is 0 Å². The summed E-state index contributed by atoms with van der Waals surface area (Å²) in [6.07, 6.45) is 8.57. The van der Waals surface area contributed by atoms with E-state index in [4.69, 9.17) is 0 Å². The lowest BCUT2D eigenvalue weighted by atomic mass is 10.2. The van der Waals surface area contributed by atoms with Crippen LogP contribution in [0, 0.1) is 0 Å². The lowest BCUT2D eigenvalue weighted by Gasteiger charge is -2.11. The molecule has 5 nitrogen and oxygen atoms in total. The summed E-state index contributed by atoms with van der Waals surface area (Å²) in [5.41, 5.74) is 1.04. The molecule has 0 spiro atoms. The predicted octanol–water partition coefficient (Wildman–Crippen LogP) is 2.89. The first-order chi connectivity index (χ1) is 10.3. The van der Waals surface area contributed by atoms with Crippen molar-refractivity contribution in [2.45, 2.75) is 48.6 Å². The van der Waals surface area contributed by atoms with Crippen LogP contribution in [0.4, 0.5) is 0 Å². The molecule has 2 aliphatic carbocycles. The van der Waals surface area contributed by atoms with E-state index in [2.05, 4.69) is 19.7 Å². The number of rotatable bonds is 4.